The third kappa shape index (κ3) is 14.4. The van der Waals surface area contributed by atoms with E-state index in [0.29, 0.717) is 17.9 Å². The number of amides is 1. The molecule has 0 aliphatic rings. The third-order valence-corrected chi connectivity index (χ3v) is 6.07. The number of hydrogen-bond acceptors (Lipinski definition) is 6. The molecule has 0 aliphatic carbocycles. The Morgan fingerprint density at radius 3 is 2.23 bits per heavy atom. The van der Waals surface area contributed by atoms with Gasteiger partial charge in [0.15, 0.2) is 0 Å². The standard InChI is InChI=1S/C13H23NO5S3/c1-10(15)14-11(13(18)19)4-9-22-21-7-3-2-6-20-8-5-12(16)17/h11H,2-9H2,1H3,(H,14,15)(H,16,17)(H,18,19). The van der Waals surface area contributed by atoms with Crippen molar-refractivity contribution in [3.8, 4) is 0 Å². The van der Waals surface area contributed by atoms with Gasteiger partial charge in [-0.15, -0.1) is 0 Å². The first kappa shape index (κ1) is 21.5. The smallest absolute Gasteiger partial charge is 0.326 e. The van der Waals surface area contributed by atoms with Gasteiger partial charge in [-0.05, 0) is 25.0 Å². The van der Waals surface area contributed by atoms with E-state index in [9.17, 15) is 14.4 Å². The Hall–Kier alpha value is -0.540. The lowest BCUT2D eigenvalue weighted by atomic mass is 10.2. The van der Waals surface area contributed by atoms with Crippen LogP contribution in [-0.4, -0.2) is 57.1 Å². The summed E-state index contributed by atoms with van der Waals surface area (Å²) in [4.78, 5) is 32.1. The van der Waals surface area contributed by atoms with Crippen LogP contribution in [0.25, 0.3) is 0 Å². The summed E-state index contributed by atoms with van der Waals surface area (Å²) in [5, 5.41) is 19.8. The molecule has 1 atom stereocenters. The number of aliphatic carboxylic acids is 2. The number of thioether (sulfide) groups is 1. The molecule has 9 heteroatoms. The quantitative estimate of drug-likeness (QED) is 0.317. The van der Waals surface area contributed by atoms with E-state index in [-0.39, 0.29) is 12.3 Å². The van der Waals surface area contributed by atoms with Gasteiger partial charge in [0, 0.05) is 24.2 Å². The number of nitrogens with one attached hydrogen (secondary N) is 1. The second-order valence-corrected chi connectivity index (χ2v) is 8.41. The van der Waals surface area contributed by atoms with Crippen LogP contribution in [0.2, 0.25) is 0 Å². The third-order valence-electron chi connectivity index (χ3n) is 2.48. The highest BCUT2D eigenvalue weighted by atomic mass is 33.1. The zero-order valence-corrected chi connectivity index (χ0v) is 15.0. The Kier molecular flexibility index (Phi) is 13.7. The number of carboxylic acid groups (broad SMARTS) is 2. The fourth-order valence-electron chi connectivity index (χ4n) is 1.41. The number of carbonyl (C=O) groups excluding carboxylic acids is 1. The first-order chi connectivity index (χ1) is 10.4. The van der Waals surface area contributed by atoms with Crippen molar-refractivity contribution in [3.63, 3.8) is 0 Å². The van der Waals surface area contributed by atoms with Crippen LogP contribution in [-0.2, 0) is 14.4 Å². The number of carbonyl (C=O) groups is 3. The van der Waals surface area contributed by atoms with E-state index >= 15 is 0 Å². The molecular weight excluding hydrogens is 346 g/mol. The fourth-order valence-corrected chi connectivity index (χ4v) is 4.58. The SMILES string of the molecule is CC(=O)NC(CCSSCCCCSCCC(=O)O)C(=O)O. The predicted octanol–water partition coefficient (Wildman–Crippen LogP) is 2.34. The van der Waals surface area contributed by atoms with Gasteiger partial charge in [-0.3, -0.25) is 9.59 Å². The molecular formula is C13H23NO5S3. The molecule has 0 aromatic carbocycles. The van der Waals surface area contributed by atoms with Crippen molar-refractivity contribution in [1.29, 1.82) is 0 Å². The van der Waals surface area contributed by atoms with Crippen molar-refractivity contribution in [2.75, 3.05) is 23.0 Å². The van der Waals surface area contributed by atoms with Gasteiger partial charge < -0.3 is 15.5 Å². The fraction of sp³-hybridized carbons (Fsp3) is 0.769. The van der Waals surface area contributed by atoms with Gasteiger partial charge in [0.2, 0.25) is 5.91 Å². The Balaban J connectivity index is 3.40. The van der Waals surface area contributed by atoms with E-state index in [1.807, 2.05) is 0 Å². The van der Waals surface area contributed by atoms with Crippen molar-refractivity contribution < 1.29 is 24.6 Å². The average molecular weight is 370 g/mol. The molecule has 0 aromatic rings. The lowest BCUT2D eigenvalue weighted by molar-refractivity contribution is -0.141. The van der Waals surface area contributed by atoms with Gasteiger partial charge in [0.05, 0.1) is 6.42 Å². The van der Waals surface area contributed by atoms with E-state index in [4.69, 9.17) is 10.2 Å². The van der Waals surface area contributed by atoms with Crippen molar-refractivity contribution in [2.45, 2.75) is 38.6 Å². The van der Waals surface area contributed by atoms with Gasteiger partial charge in [-0.2, -0.15) is 11.8 Å². The van der Waals surface area contributed by atoms with E-state index in [1.165, 1.54) is 6.92 Å². The zero-order valence-electron chi connectivity index (χ0n) is 12.6. The molecule has 6 nitrogen and oxygen atoms in total. The van der Waals surface area contributed by atoms with Crippen molar-refractivity contribution in [3.05, 3.63) is 0 Å². The van der Waals surface area contributed by atoms with Crippen molar-refractivity contribution >= 4 is 51.2 Å². The number of hydrogen-bond donors (Lipinski definition) is 3. The second kappa shape index (κ2) is 14.1. The molecule has 128 valence electrons. The molecule has 0 aromatic heterocycles. The van der Waals surface area contributed by atoms with Crippen molar-refractivity contribution in [2.24, 2.45) is 0 Å². The second-order valence-electron chi connectivity index (χ2n) is 4.49. The molecule has 1 amide bonds. The first-order valence-electron chi connectivity index (χ1n) is 6.97. The summed E-state index contributed by atoms with van der Waals surface area (Å²) in [6, 6.07) is -0.809. The van der Waals surface area contributed by atoms with Crippen LogP contribution in [0.4, 0.5) is 0 Å². The summed E-state index contributed by atoms with van der Waals surface area (Å²) in [5.74, 6) is 1.22. The molecule has 0 fully saturated rings. The maximum Gasteiger partial charge on any atom is 0.326 e. The molecule has 0 bridgehead atoms. The molecule has 0 heterocycles. The normalized spacial score (nSPS) is 11.9. The summed E-state index contributed by atoms with van der Waals surface area (Å²) in [5.41, 5.74) is 0. The monoisotopic (exact) mass is 369 g/mol. The summed E-state index contributed by atoms with van der Waals surface area (Å²) < 4.78 is 0. The zero-order chi connectivity index (χ0) is 16.8. The Morgan fingerprint density at radius 1 is 1.00 bits per heavy atom. The van der Waals surface area contributed by atoms with E-state index in [0.717, 1.165) is 24.3 Å². The molecule has 22 heavy (non-hydrogen) atoms. The lowest BCUT2D eigenvalue weighted by Gasteiger charge is -2.12. The van der Waals surface area contributed by atoms with Crippen LogP contribution in [0.1, 0.15) is 32.6 Å². The van der Waals surface area contributed by atoms with E-state index in [2.05, 4.69) is 5.32 Å². The van der Waals surface area contributed by atoms with Crippen LogP contribution < -0.4 is 5.32 Å². The van der Waals surface area contributed by atoms with Crippen LogP contribution in [0.3, 0.4) is 0 Å². The minimum atomic E-state index is -1.00. The van der Waals surface area contributed by atoms with Gasteiger partial charge in [0.1, 0.15) is 6.04 Å². The highest BCUT2D eigenvalue weighted by Gasteiger charge is 2.17. The van der Waals surface area contributed by atoms with Gasteiger partial charge in [0.25, 0.3) is 0 Å². The molecule has 0 saturated heterocycles. The molecule has 0 spiro atoms. The Morgan fingerprint density at radius 2 is 1.64 bits per heavy atom. The van der Waals surface area contributed by atoms with E-state index < -0.39 is 18.0 Å². The average Bonchev–Trinajstić information content (AvgIpc) is 2.42. The minimum absolute atomic E-state index is 0.217. The maximum absolute atomic E-state index is 10.9. The lowest BCUT2D eigenvalue weighted by Crippen LogP contribution is -2.39. The molecule has 1 unspecified atom stereocenters. The van der Waals surface area contributed by atoms with Gasteiger partial charge in [-0.25, -0.2) is 4.79 Å². The van der Waals surface area contributed by atoms with E-state index in [1.54, 1.807) is 33.3 Å². The maximum atomic E-state index is 10.9. The van der Waals surface area contributed by atoms with Crippen LogP contribution in [0.5, 0.6) is 0 Å². The summed E-state index contributed by atoms with van der Waals surface area (Å²) in [6.07, 6.45) is 2.75. The first-order valence-corrected chi connectivity index (χ1v) is 10.6. The largest absolute Gasteiger partial charge is 0.481 e. The molecule has 0 radical (unpaired) electrons. The van der Waals surface area contributed by atoms with Crippen LogP contribution >= 0.6 is 33.3 Å². The number of unbranched alkanes of at least 4 members (excludes halogenated alkanes) is 1. The molecule has 0 saturated carbocycles. The number of carboxylic acids is 2. The Bertz CT molecular complexity index is 355. The highest BCUT2D eigenvalue weighted by molar-refractivity contribution is 8.76. The summed E-state index contributed by atoms with van der Waals surface area (Å²) in [6.45, 7) is 1.31. The summed E-state index contributed by atoms with van der Waals surface area (Å²) >= 11 is 1.66. The van der Waals surface area contributed by atoms with Gasteiger partial charge in [-0.1, -0.05) is 21.6 Å². The van der Waals surface area contributed by atoms with Crippen LogP contribution in [0, 0.1) is 0 Å². The van der Waals surface area contributed by atoms with Crippen LogP contribution in [0.15, 0.2) is 0 Å². The number of rotatable bonds is 14. The summed E-state index contributed by atoms with van der Waals surface area (Å²) in [7, 11) is 3.32. The molecule has 0 rings (SSSR count). The predicted molar refractivity (Wildman–Crippen MR) is 93.6 cm³/mol. The molecule has 0 aliphatic heterocycles. The highest BCUT2D eigenvalue weighted by Crippen LogP contribution is 2.24. The molecule has 3 N–H and O–H groups in total. The van der Waals surface area contributed by atoms with Crippen molar-refractivity contribution in [1.82, 2.24) is 5.32 Å². The topological polar surface area (TPSA) is 104 Å². The van der Waals surface area contributed by atoms with Gasteiger partial charge >= 0.3 is 11.9 Å². The minimum Gasteiger partial charge on any atom is -0.481 e. The Labute approximate surface area is 143 Å².